The van der Waals surface area contributed by atoms with E-state index in [9.17, 15) is 58.2 Å². The predicted octanol–water partition coefficient (Wildman–Crippen LogP) is -2.86. The average molecular weight is 746 g/mol. The maximum Gasteiger partial charge on any atom is 0.481 e. The first-order valence-corrected chi connectivity index (χ1v) is 18.0. The van der Waals surface area contributed by atoms with Crippen molar-refractivity contribution in [3.63, 3.8) is 0 Å². The molecule has 0 radical (unpaired) electrons. The van der Waals surface area contributed by atoms with Gasteiger partial charge in [-0.05, 0) is 6.42 Å². The number of primary amides is 1. The molecule has 10 N–H and O–H groups in total. The highest BCUT2D eigenvalue weighted by atomic mass is 31.3. The molecule has 24 nitrogen and oxygen atoms in total. The molecule has 2 aromatic heterocycles. The average Bonchev–Trinajstić information content (AvgIpc) is 3.64. The molecule has 0 saturated carbocycles. The first-order valence-electron chi connectivity index (χ1n) is 13.5. The van der Waals surface area contributed by atoms with Crippen LogP contribution < -0.4 is 11.3 Å². The van der Waals surface area contributed by atoms with Gasteiger partial charge in [0.2, 0.25) is 5.91 Å². The van der Waals surface area contributed by atoms with Crippen LogP contribution in [0.3, 0.4) is 0 Å². The Morgan fingerprint density at radius 1 is 0.979 bits per heavy atom. The van der Waals surface area contributed by atoms with Gasteiger partial charge in [0.25, 0.3) is 5.56 Å². The van der Waals surface area contributed by atoms with Crippen molar-refractivity contribution in [2.24, 2.45) is 5.73 Å². The summed E-state index contributed by atoms with van der Waals surface area (Å²) in [5.41, 5.74) is 4.38. The molecule has 0 aliphatic carbocycles. The third-order valence-corrected chi connectivity index (χ3v) is 10.2. The lowest BCUT2D eigenvalue weighted by molar-refractivity contribution is -0.115. The van der Waals surface area contributed by atoms with Crippen LogP contribution in [0.1, 0.15) is 12.6 Å². The van der Waals surface area contributed by atoms with E-state index in [1.807, 2.05) is 0 Å². The van der Waals surface area contributed by atoms with Gasteiger partial charge in [-0.3, -0.25) is 27.7 Å². The second-order valence-electron chi connectivity index (χ2n) is 10.4. The summed E-state index contributed by atoms with van der Waals surface area (Å²) in [6.45, 7) is -2.06. The van der Waals surface area contributed by atoms with E-state index in [1.54, 1.807) is 0 Å². The van der Waals surface area contributed by atoms with Crippen molar-refractivity contribution in [3.8, 4) is 0 Å². The quantitative estimate of drug-likeness (QED) is 0.0931. The standard InChI is InChI=1S/C21H29N6O18P3/c22-17(31)9-2-1-3-26(4-9)20-15(30)13(28)10(42-20)5-40-47(36,37)45-48(38,39)41-6-11-14(29)16(44-46(33,34)35)21(43-11)27-8-25-12-18(27)23-7-24-19(12)32/h1,3-4,7-8,10-11,13-16,20-21,28-30H,2,5-6H2,(H2,22,31)(H,36,37)(H,38,39)(H,23,24,32)(H2,33,34,35)/t10-,11-,13-,14-,15-,16-,20-,21-/m1/s1. The van der Waals surface area contributed by atoms with Crippen LogP contribution in [0.2, 0.25) is 0 Å². The summed E-state index contributed by atoms with van der Waals surface area (Å²) in [7, 11) is -16.3. The van der Waals surface area contributed by atoms with Crippen LogP contribution in [0, 0.1) is 0 Å². The summed E-state index contributed by atoms with van der Waals surface area (Å²) in [4.78, 5) is 73.7. The van der Waals surface area contributed by atoms with Crippen LogP contribution in [0.5, 0.6) is 0 Å². The van der Waals surface area contributed by atoms with Gasteiger partial charge < -0.3 is 60.0 Å². The number of phosphoric ester groups is 3. The molecule has 266 valence electrons. The Morgan fingerprint density at radius 3 is 2.23 bits per heavy atom. The number of allylic oxidation sites excluding steroid dienone is 1. The van der Waals surface area contributed by atoms with E-state index in [2.05, 4.69) is 32.8 Å². The minimum absolute atomic E-state index is 0.152. The first kappa shape index (κ1) is 36.5. The molecule has 0 bridgehead atoms. The van der Waals surface area contributed by atoms with Crippen molar-refractivity contribution < 1.29 is 80.7 Å². The van der Waals surface area contributed by atoms with Crippen molar-refractivity contribution in [2.75, 3.05) is 13.2 Å². The van der Waals surface area contributed by atoms with Gasteiger partial charge in [0, 0.05) is 18.0 Å². The monoisotopic (exact) mass is 746 g/mol. The van der Waals surface area contributed by atoms with Crippen molar-refractivity contribution >= 4 is 40.5 Å². The van der Waals surface area contributed by atoms with E-state index >= 15 is 0 Å². The van der Waals surface area contributed by atoms with Crippen LogP contribution in [-0.2, 0) is 45.8 Å². The normalized spacial score (nSPS) is 31.9. The summed E-state index contributed by atoms with van der Waals surface area (Å²) in [6, 6.07) is 0. The number of ether oxygens (including phenoxy) is 2. The zero-order valence-electron chi connectivity index (χ0n) is 24.0. The fraction of sp³-hybridized carbons (Fsp3) is 0.524. The molecule has 27 heteroatoms. The Kier molecular flexibility index (Phi) is 10.6. The minimum Gasteiger partial charge on any atom is -0.387 e. The Bertz CT molecular complexity index is 1790. The molecule has 1 amide bonds. The summed E-state index contributed by atoms with van der Waals surface area (Å²) >= 11 is 0. The van der Waals surface area contributed by atoms with Crippen molar-refractivity contribution in [1.29, 1.82) is 0 Å². The predicted molar refractivity (Wildman–Crippen MR) is 151 cm³/mol. The molecule has 2 unspecified atom stereocenters. The van der Waals surface area contributed by atoms with Gasteiger partial charge in [0.05, 0.1) is 25.9 Å². The molecule has 0 spiro atoms. The number of hydrogen-bond acceptors (Lipinski definition) is 17. The zero-order valence-corrected chi connectivity index (χ0v) is 26.6. The number of nitrogens with one attached hydrogen (secondary N) is 1. The molecule has 3 aliphatic rings. The third kappa shape index (κ3) is 8.17. The lowest BCUT2D eigenvalue weighted by Crippen LogP contribution is -2.40. The molecule has 2 fully saturated rings. The fourth-order valence-corrected chi connectivity index (χ4v) is 7.56. The SMILES string of the molecule is NC(=O)C1=CN([C@@H]2O[C@H](COP(=O)(O)OP(=O)(O)OC[C@H]3O[C@@H](n4cnc5c(=O)[nH]cnc54)[C@H](OP(=O)(O)O)[C@@H]3O)[C@@H](O)[C@H]2O)C=CC1. The summed E-state index contributed by atoms with van der Waals surface area (Å²) < 4.78 is 66.9. The third-order valence-electron chi connectivity index (χ3n) is 7.09. The highest BCUT2D eigenvalue weighted by Gasteiger charge is 2.51. The number of phosphoric acid groups is 3. The zero-order chi connectivity index (χ0) is 35.2. The largest absolute Gasteiger partial charge is 0.481 e. The van der Waals surface area contributed by atoms with Crippen LogP contribution >= 0.6 is 23.5 Å². The number of imidazole rings is 1. The second-order valence-corrected chi connectivity index (χ2v) is 14.6. The maximum absolute atomic E-state index is 12.5. The van der Waals surface area contributed by atoms with Gasteiger partial charge in [0.15, 0.2) is 23.6 Å². The molecule has 3 aliphatic heterocycles. The lowest BCUT2D eigenvalue weighted by Gasteiger charge is -2.28. The highest BCUT2D eigenvalue weighted by Crippen LogP contribution is 2.61. The number of aromatic amines is 1. The Balaban J connectivity index is 1.20. The fourth-order valence-electron chi connectivity index (χ4n) is 4.93. The number of aliphatic hydroxyl groups is 3. The van der Waals surface area contributed by atoms with Gasteiger partial charge in [-0.25, -0.2) is 23.7 Å². The lowest BCUT2D eigenvalue weighted by atomic mass is 10.1. The molecular formula is C21H29N6O18P3. The Morgan fingerprint density at radius 2 is 1.60 bits per heavy atom. The number of fused-ring (bicyclic) bond motifs is 1. The van der Waals surface area contributed by atoms with Crippen molar-refractivity contribution in [3.05, 3.63) is 47.1 Å². The molecule has 5 heterocycles. The number of aromatic nitrogens is 4. The van der Waals surface area contributed by atoms with Crippen molar-refractivity contribution in [1.82, 2.24) is 24.4 Å². The van der Waals surface area contributed by atoms with Gasteiger partial charge >= 0.3 is 23.5 Å². The van der Waals surface area contributed by atoms with Gasteiger partial charge in [-0.1, -0.05) is 6.08 Å². The second kappa shape index (κ2) is 13.9. The van der Waals surface area contributed by atoms with E-state index in [0.29, 0.717) is 0 Å². The van der Waals surface area contributed by atoms with Crippen LogP contribution in [-0.4, -0.2) is 121 Å². The Labute approximate surface area is 267 Å². The Hall–Kier alpha value is -2.73. The van der Waals surface area contributed by atoms with E-state index < -0.39 is 97.2 Å². The van der Waals surface area contributed by atoms with E-state index in [4.69, 9.17) is 15.2 Å². The maximum atomic E-state index is 12.5. The van der Waals surface area contributed by atoms with E-state index in [0.717, 1.165) is 17.2 Å². The molecule has 5 rings (SSSR count). The van der Waals surface area contributed by atoms with E-state index in [1.165, 1.54) is 23.4 Å². The van der Waals surface area contributed by atoms with Crippen LogP contribution in [0.15, 0.2) is 41.5 Å². The van der Waals surface area contributed by atoms with Crippen LogP contribution in [0.25, 0.3) is 11.2 Å². The smallest absolute Gasteiger partial charge is 0.387 e. The number of carbonyl (C=O) groups excluding carboxylic acids is 1. The number of amides is 1. The summed E-state index contributed by atoms with van der Waals surface area (Å²) in [6.07, 6.45) is -6.89. The number of aliphatic hydroxyl groups excluding tert-OH is 3. The molecule has 2 saturated heterocycles. The number of rotatable bonds is 13. The molecular weight excluding hydrogens is 717 g/mol. The first-order chi connectivity index (χ1) is 22.4. The van der Waals surface area contributed by atoms with Gasteiger partial charge in [-0.2, -0.15) is 4.31 Å². The van der Waals surface area contributed by atoms with Crippen LogP contribution in [0.4, 0.5) is 0 Å². The highest BCUT2D eigenvalue weighted by molar-refractivity contribution is 7.61. The molecule has 48 heavy (non-hydrogen) atoms. The molecule has 10 atom stereocenters. The summed E-state index contributed by atoms with van der Waals surface area (Å²) in [5, 5.41) is 31.5. The number of nitrogens with zero attached hydrogens (tertiary/aromatic N) is 4. The minimum atomic E-state index is -5.54. The molecule has 0 aromatic carbocycles. The van der Waals surface area contributed by atoms with Gasteiger partial charge in [0.1, 0.15) is 36.6 Å². The number of hydrogen-bond donors (Lipinski definition) is 9. The topological polar surface area (TPSA) is 358 Å². The number of carbonyl (C=O) groups is 1. The number of H-pyrrole nitrogens is 1. The number of nitrogens with two attached hydrogens (primary N) is 1. The van der Waals surface area contributed by atoms with E-state index in [-0.39, 0.29) is 23.2 Å². The summed E-state index contributed by atoms with van der Waals surface area (Å²) in [5.74, 6) is -0.740. The van der Waals surface area contributed by atoms with Gasteiger partial charge in [-0.15, -0.1) is 0 Å². The van der Waals surface area contributed by atoms with Crippen molar-refractivity contribution in [2.45, 2.75) is 55.5 Å². The molecule has 2 aromatic rings.